The monoisotopic (exact) mass is 340 g/mol. The molecule has 2 N–H and O–H groups in total. The van der Waals surface area contributed by atoms with Crippen molar-refractivity contribution in [1.29, 1.82) is 0 Å². The van der Waals surface area contributed by atoms with Crippen LogP contribution in [0.2, 0.25) is 0 Å². The van der Waals surface area contributed by atoms with Crippen LogP contribution in [0.5, 0.6) is 0 Å². The van der Waals surface area contributed by atoms with E-state index >= 15 is 0 Å². The number of likely N-dealkylation sites (tertiary alicyclic amines) is 1. The van der Waals surface area contributed by atoms with Crippen LogP contribution in [-0.2, 0) is 9.53 Å². The average molecular weight is 341 g/mol. The first-order valence-corrected chi connectivity index (χ1v) is 10.0. The first-order valence-electron chi connectivity index (χ1n) is 10.0. The van der Waals surface area contributed by atoms with Gasteiger partial charge in [-0.05, 0) is 38.8 Å². The Labute approximate surface area is 147 Å². The largest absolute Gasteiger partial charge is 0.389 e. The molecule has 140 valence electrons. The minimum Gasteiger partial charge on any atom is -0.389 e. The molecule has 1 amide bonds. The lowest BCUT2D eigenvalue weighted by molar-refractivity contribution is -0.122. The second kappa shape index (κ2) is 11.8. The quantitative estimate of drug-likeness (QED) is 0.712. The van der Waals surface area contributed by atoms with E-state index in [1.54, 1.807) is 0 Å². The first-order chi connectivity index (χ1) is 11.7. The van der Waals surface area contributed by atoms with Gasteiger partial charge in [-0.3, -0.25) is 4.79 Å². The maximum Gasteiger partial charge on any atom is 0.221 e. The van der Waals surface area contributed by atoms with Gasteiger partial charge in [0.15, 0.2) is 0 Å². The summed E-state index contributed by atoms with van der Waals surface area (Å²) in [5.41, 5.74) is 0. The Morgan fingerprint density at radius 3 is 2.38 bits per heavy atom. The van der Waals surface area contributed by atoms with Crippen LogP contribution in [-0.4, -0.2) is 60.9 Å². The average Bonchev–Trinajstić information content (AvgIpc) is 2.58. The Hall–Kier alpha value is -0.650. The van der Waals surface area contributed by atoms with E-state index in [4.69, 9.17) is 4.74 Å². The zero-order valence-corrected chi connectivity index (χ0v) is 15.2. The Morgan fingerprint density at radius 1 is 1.04 bits per heavy atom. The first kappa shape index (κ1) is 19.7. The molecule has 2 rings (SSSR count). The third kappa shape index (κ3) is 8.45. The highest BCUT2D eigenvalue weighted by Gasteiger charge is 2.16. The van der Waals surface area contributed by atoms with Crippen molar-refractivity contribution in [2.45, 2.75) is 82.8 Å². The molecular formula is C19H36N2O3. The molecule has 0 spiro atoms. The molecule has 1 aliphatic carbocycles. The highest BCUT2D eigenvalue weighted by atomic mass is 16.5. The Morgan fingerprint density at radius 2 is 1.67 bits per heavy atom. The molecule has 2 fully saturated rings. The molecule has 0 aromatic carbocycles. The van der Waals surface area contributed by atoms with Gasteiger partial charge in [-0.2, -0.15) is 0 Å². The number of ether oxygens (including phenoxy) is 1. The van der Waals surface area contributed by atoms with E-state index in [0.717, 1.165) is 32.5 Å². The zero-order chi connectivity index (χ0) is 17.0. The van der Waals surface area contributed by atoms with Crippen LogP contribution in [0, 0.1) is 0 Å². The topological polar surface area (TPSA) is 61.8 Å². The number of carbonyl (C=O) groups is 1. The van der Waals surface area contributed by atoms with Crippen LogP contribution >= 0.6 is 0 Å². The van der Waals surface area contributed by atoms with E-state index in [0.29, 0.717) is 25.7 Å². The number of aliphatic hydroxyl groups is 1. The standard InChI is InChI=1S/C19H36N2O3/c22-17(16-24-18-9-5-4-6-10-18)15-20-19(23)11-14-21-12-7-2-1-3-8-13-21/h17-18,22H,1-16H2,(H,20,23)/t17-/m1/s1. The number of amides is 1. The van der Waals surface area contributed by atoms with Crippen molar-refractivity contribution in [3.8, 4) is 0 Å². The van der Waals surface area contributed by atoms with Crippen LogP contribution < -0.4 is 5.32 Å². The lowest BCUT2D eigenvalue weighted by Crippen LogP contribution is -2.38. The zero-order valence-electron chi connectivity index (χ0n) is 15.2. The molecule has 0 radical (unpaired) electrons. The van der Waals surface area contributed by atoms with Crippen LogP contribution in [0.3, 0.4) is 0 Å². The summed E-state index contributed by atoms with van der Waals surface area (Å²) in [5, 5.41) is 12.8. The second-order valence-electron chi connectivity index (χ2n) is 7.41. The van der Waals surface area contributed by atoms with Crippen molar-refractivity contribution in [2.24, 2.45) is 0 Å². The van der Waals surface area contributed by atoms with Crippen molar-refractivity contribution in [1.82, 2.24) is 10.2 Å². The van der Waals surface area contributed by atoms with Crippen molar-refractivity contribution in [3.05, 3.63) is 0 Å². The van der Waals surface area contributed by atoms with Crippen LogP contribution in [0.1, 0.15) is 70.6 Å². The minimum atomic E-state index is -0.599. The highest BCUT2D eigenvalue weighted by molar-refractivity contribution is 5.76. The Kier molecular flexibility index (Phi) is 9.69. The lowest BCUT2D eigenvalue weighted by Gasteiger charge is -2.24. The number of nitrogens with zero attached hydrogens (tertiary/aromatic N) is 1. The third-order valence-corrected chi connectivity index (χ3v) is 5.22. The maximum atomic E-state index is 12.0. The molecule has 0 unspecified atom stereocenters. The van der Waals surface area contributed by atoms with Crippen molar-refractivity contribution in [3.63, 3.8) is 0 Å². The Balaban J connectivity index is 1.51. The van der Waals surface area contributed by atoms with E-state index < -0.39 is 6.10 Å². The molecule has 1 aliphatic heterocycles. The lowest BCUT2D eigenvalue weighted by atomic mass is 9.98. The van der Waals surface area contributed by atoms with E-state index in [1.807, 2.05) is 0 Å². The summed E-state index contributed by atoms with van der Waals surface area (Å²) in [4.78, 5) is 14.4. The van der Waals surface area contributed by atoms with Crippen LogP contribution in [0.25, 0.3) is 0 Å². The van der Waals surface area contributed by atoms with E-state index in [9.17, 15) is 9.90 Å². The number of rotatable bonds is 8. The summed E-state index contributed by atoms with van der Waals surface area (Å²) >= 11 is 0. The third-order valence-electron chi connectivity index (χ3n) is 5.22. The molecule has 0 aromatic heterocycles. The molecule has 0 aromatic rings. The number of hydrogen-bond acceptors (Lipinski definition) is 4. The predicted octanol–water partition coefficient (Wildman–Crippen LogP) is 2.47. The molecule has 0 bridgehead atoms. The van der Waals surface area contributed by atoms with E-state index in [-0.39, 0.29) is 5.91 Å². The van der Waals surface area contributed by atoms with Gasteiger partial charge in [-0.15, -0.1) is 0 Å². The fourth-order valence-electron chi connectivity index (χ4n) is 3.65. The summed E-state index contributed by atoms with van der Waals surface area (Å²) in [6.07, 6.45) is 12.7. The highest BCUT2D eigenvalue weighted by Crippen LogP contribution is 2.20. The van der Waals surface area contributed by atoms with Gasteiger partial charge in [0.05, 0.1) is 18.8 Å². The molecule has 5 nitrogen and oxygen atoms in total. The number of nitrogens with one attached hydrogen (secondary N) is 1. The molecule has 5 heteroatoms. The summed E-state index contributed by atoms with van der Waals surface area (Å²) in [6, 6.07) is 0. The summed E-state index contributed by atoms with van der Waals surface area (Å²) < 4.78 is 5.75. The molecule has 1 heterocycles. The van der Waals surface area contributed by atoms with Crippen molar-refractivity contribution in [2.75, 3.05) is 32.8 Å². The number of aliphatic hydroxyl groups excluding tert-OH is 1. The molecule has 1 saturated heterocycles. The van der Waals surface area contributed by atoms with Gasteiger partial charge in [0.25, 0.3) is 0 Å². The van der Waals surface area contributed by atoms with Gasteiger partial charge < -0.3 is 20.1 Å². The number of carbonyl (C=O) groups excluding carboxylic acids is 1. The normalized spacial score (nSPS) is 22.5. The molecule has 1 atom stereocenters. The van der Waals surface area contributed by atoms with Gasteiger partial charge in [0.1, 0.15) is 0 Å². The predicted molar refractivity (Wildman–Crippen MR) is 96.0 cm³/mol. The smallest absolute Gasteiger partial charge is 0.221 e. The molecule has 24 heavy (non-hydrogen) atoms. The minimum absolute atomic E-state index is 0.0359. The van der Waals surface area contributed by atoms with Crippen molar-refractivity contribution >= 4 is 5.91 Å². The van der Waals surface area contributed by atoms with Crippen LogP contribution in [0.15, 0.2) is 0 Å². The fraction of sp³-hybridized carbons (Fsp3) is 0.947. The summed E-state index contributed by atoms with van der Waals surface area (Å²) in [7, 11) is 0. The second-order valence-corrected chi connectivity index (χ2v) is 7.41. The molecular weight excluding hydrogens is 304 g/mol. The van der Waals surface area contributed by atoms with E-state index in [2.05, 4.69) is 10.2 Å². The molecule has 1 saturated carbocycles. The van der Waals surface area contributed by atoms with E-state index in [1.165, 1.54) is 51.4 Å². The van der Waals surface area contributed by atoms with Gasteiger partial charge in [-0.25, -0.2) is 0 Å². The Bertz CT molecular complexity index is 338. The summed E-state index contributed by atoms with van der Waals surface area (Å²) in [5.74, 6) is 0.0359. The van der Waals surface area contributed by atoms with Gasteiger partial charge in [-0.1, -0.05) is 38.5 Å². The number of hydrogen-bond donors (Lipinski definition) is 2. The van der Waals surface area contributed by atoms with Crippen LogP contribution in [0.4, 0.5) is 0 Å². The van der Waals surface area contributed by atoms with Gasteiger partial charge >= 0.3 is 0 Å². The fourth-order valence-corrected chi connectivity index (χ4v) is 3.65. The maximum absolute atomic E-state index is 12.0. The SMILES string of the molecule is O=C(CCN1CCCCCCC1)NC[C@@H](O)COC1CCCCC1. The van der Waals surface area contributed by atoms with Gasteiger partial charge in [0.2, 0.25) is 5.91 Å². The summed E-state index contributed by atoms with van der Waals surface area (Å²) in [6.45, 7) is 3.69. The van der Waals surface area contributed by atoms with Crippen molar-refractivity contribution < 1.29 is 14.6 Å². The molecule has 2 aliphatic rings. The van der Waals surface area contributed by atoms with Gasteiger partial charge in [0, 0.05) is 19.5 Å².